The van der Waals surface area contributed by atoms with Crippen LogP contribution in [0.5, 0.6) is 34.5 Å². The molecule has 0 fully saturated rings. The van der Waals surface area contributed by atoms with Gasteiger partial charge in [-0.25, -0.2) is 19.6 Å². The van der Waals surface area contributed by atoms with Crippen molar-refractivity contribution in [3.63, 3.8) is 0 Å². The smallest absolute Gasteiger partial charge is 0.348 e. The van der Waals surface area contributed by atoms with Crippen molar-refractivity contribution in [1.82, 2.24) is 0 Å². The van der Waals surface area contributed by atoms with E-state index in [1.54, 1.807) is 86.5 Å². The monoisotopic (exact) mass is 1140 g/mol. The molecule has 0 saturated carbocycles. The van der Waals surface area contributed by atoms with Gasteiger partial charge in [-0.2, -0.15) is 0 Å². The highest BCUT2D eigenvalue weighted by Gasteiger charge is 2.28. The van der Waals surface area contributed by atoms with Crippen LogP contribution in [0.25, 0.3) is 0 Å². The van der Waals surface area contributed by atoms with Crippen LogP contribution in [-0.4, -0.2) is 45.5 Å². The maximum atomic E-state index is 14.0. The van der Waals surface area contributed by atoms with Crippen molar-refractivity contribution in [1.29, 1.82) is 0 Å². The van der Waals surface area contributed by atoms with Gasteiger partial charge in [-0.05, 0) is 79.2 Å². The number of carbonyl (C=O) groups excluding carboxylic acids is 2. The van der Waals surface area contributed by atoms with E-state index in [1.165, 1.54) is 44.0 Å². The van der Waals surface area contributed by atoms with Crippen molar-refractivity contribution in [2.75, 3.05) is 39.1 Å². The Morgan fingerprint density at radius 1 is 0.579 bits per heavy atom. The number of aromatic hydroxyl groups is 1. The molecule has 0 saturated heterocycles. The van der Waals surface area contributed by atoms with Gasteiger partial charge < -0.3 is 48.9 Å². The number of pyridine rings is 2. The number of rotatable bonds is 23. The van der Waals surface area contributed by atoms with E-state index in [9.17, 15) is 14.7 Å². The minimum Gasteiger partial charge on any atom is -0.508 e. The Kier molecular flexibility index (Phi) is 18.7. The average molecular weight is 1150 g/mol. The van der Waals surface area contributed by atoms with Crippen LogP contribution in [0.3, 0.4) is 0 Å². The van der Waals surface area contributed by atoms with Crippen molar-refractivity contribution in [3.05, 3.63) is 195 Å². The lowest BCUT2D eigenvalue weighted by molar-refractivity contribution is -0.378. The van der Waals surface area contributed by atoms with Crippen LogP contribution in [0.2, 0.25) is 20.1 Å². The molecule has 76 heavy (non-hydrogen) atoms. The van der Waals surface area contributed by atoms with Gasteiger partial charge in [0.1, 0.15) is 54.4 Å². The highest BCUT2D eigenvalue weighted by Crippen LogP contribution is 2.43. The fraction of sp³-hybridized carbons (Fsp3) is 0.214. The number of ether oxygens (including phenoxy) is 7. The fourth-order valence-corrected chi connectivity index (χ4v) is 10.9. The van der Waals surface area contributed by atoms with Crippen LogP contribution in [0.4, 0.5) is 11.4 Å². The number of aromatic nitrogens is 2. The van der Waals surface area contributed by atoms with E-state index < -0.39 is 24.1 Å². The Morgan fingerprint density at radius 3 is 1.66 bits per heavy atom. The van der Waals surface area contributed by atoms with Crippen molar-refractivity contribution in [2.45, 2.75) is 51.7 Å². The first-order chi connectivity index (χ1) is 36.8. The molecule has 5 N–H and O–H groups in total. The largest absolute Gasteiger partial charge is 0.508 e. The van der Waals surface area contributed by atoms with E-state index in [0.717, 1.165) is 32.3 Å². The minimum atomic E-state index is -0.927. The number of para-hydroxylation sites is 1. The molecule has 4 heterocycles. The molecule has 0 aliphatic rings. The van der Waals surface area contributed by atoms with Crippen molar-refractivity contribution < 1.29 is 57.8 Å². The Bertz CT molecular complexity index is 3320. The maximum absolute atomic E-state index is 14.0. The first-order valence-corrected chi connectivity index (χ1v) is 26.6. The Balaban J connectivity index is 0.984. The molecule has 394 valence electrons. The van der Waals surface area contributed by atoms with E-state index in [2.05, 4.69) is 20.6 Å². The molecule has 20 heteroatoms. The van der Waals surface area contributed by atoms with Crippen LogP contribution in [0.1, 0.15) is 74.7 Å². The number of aromatic amines is 2. The van der Waals surface area contributed by atoms with Crippen molar-refractivity contribution in [3.8, 4) is 34.5 Å². The second-order valence-electron chi connectivity index (χ2n) is 17.0. The second-order valence-corrected chi connectivity index (χ2v) is 20.9. The molecule has 0 amide bonds. The number of carbonyl (C=O) groups is 2. The Morgan fingerprint density at radius 2 is 1.09 bits per heavy atom. The number of hydrogen-bond acceptors (Lipinski definition) is 14. The number of esters is 2. The number of H-pyrrole nitrogens is 2. The lowest BCUT2D eigenvalue weighted by Crippen LogP contribution is -2.15. The van der Waals surface area contributed by atoms with Gasteiger partial charge >= 0.3 is 11.9 Å². The zero-order valence-electron chi connectivity index (χ0n) is 41.7. The molecule has 0 bridgehead atoms. The number of anilines is 2. The van der Waals surface area contributed by atoms with Gasteiger partial charge in [-0.15, -0.1) is 22.7 Å². The zero-order chi connectivity index (χ0) is 53.9. The van der Waals surface area contributed by atoms with Crippen LogP contribution in [-0.2, 0) is 42.0 Å². The number of benzene rings is 4. The second kappa shape index (κ2) is 25.7. The quantitative estimate of drug-likeness (QED) is 0.0519. The Labute approximate surface area is 467 Å². The average Bonchev–Trinajstić information content (AvgIpc) is 4.13. The maximum Gasteiger partial charge on any atom is 0.348 e. The summed E-state index contributed by atoms with van der Waals surface area (Å²) in [6.07, 6.45) is 5.03. The first kappa shape index (κ1) is 55.3. The molecular weight excluding hydrogens is 1090 g/mol. The SMILES string of the molecule is COc1ccc([C@H](Cc2c(Cl)c[nH+]cc2Cl)OC(=O)c2ccc(CNc3ccccc3COc3cc([C@H](Cc4c(Cl)c[nH+]cc4Cl)OC(=O)c4ccc(CNc5cccc(O)c5C)s4)cc(OC)c3OC)s2)cc1OC. The van der Waals surface area contributed by atoms with E-state index in [1.807, 2.05) is 49.4 Å². The van der Waals surface area contributed by atoms with Gasteiger partial charge in [-0.1, -0.05) is 76.7 Å². The third-order valence-electron chi connectivity index (χ3n) is 12.2. The van der Waals surface area contributed by atoms with Gasteiger partial charge in [-0.3, -0.25) is 0 Å². The molecule has 0 radical (unpaired) electrons. The molecule has 4 aromatic heterocycles. The van der Waals surface area contributed by atoms with Crippen LogP contribution >= 0.6 is 69.1 Å². The third-order valence-corrected chi connectivity index (χ3v) is 15.7. The van der Waals surface area contributed by atoms with Crippen molar-refractivity contribution in [2.24, 2.45) is 0 Å². The molecule has 0 aliphatic carbocycles. The minimum absolute atomic E-state index is 0.0872. The fourth-order valence-electron chi connectivity index (χ4n) is 8.16. The van der Waals surface area contributed by atoms with Gasteiger partial charge in [0, 0.05) is 74.9 Å². The van der Waals surface area contributed by atoms with Gasteiger partial charge in [0.15, 0.2) is 47.8 Å². The van der Waals surface area contributed by atoms with Gasteiger partial charge in [0.25, 0.3) is 0 Å². The van der Waals surface area contributed by atoms with Crippen molar-refractivity contribution >= 4 is 92.4 Å². The van der Waals surface area contributed by atoms with Gasteiger partial charge in [0.2, 0.25) is 5.75 Å². The summed E-state index contributed by atoms with van der Waals surface area (Å²) in [5, 5.41) is 18.5. The Hall–Kier alpha value is -6.92. The summed E-state index contributed by atoms with van der Waals surface area (Å²) in [7, 11) is 6.10. The lowest BCUT2D eigenvalue weighted by Gasteiger charge is -2.22. The number of nitrogens with one attached hydrogen (secondary N) is 4. The van der Waals surface area contributed by atoms with E-state index in [-0.39, 0.29) is 25.2 Å². The zero-order valence-corrected chi connectivity index (χ0v) is 46.3. The molecule has 8 rings (SSSR count). The van der Waals surface area contributed by atoms with Gasteiger partial charge in [0.05, 0.1) is 28.4 Å². The number of hydrogen-bond donors (Lipinski definition) is 3. The number of halogens is 4. The van der Waals surface area contributed by atoms with E-state index >= 15 is 0 Å². The number of thiophene rings is 2. The standard InChI is InChI=1S/C56H50Cl4N4O10S2/c1-31-43(11-8-12-45(31)65)63-24-35-14-17-53(75-35)56(67)74-48(23-38-41(59)28-62-29-42(38)60)34-20-50(70-4)54(71-5)51(21-34)72-30-33-9-6-7-10-44(33)64-25-36-15-18-52(76-36)55(66)73-47(22-37-39(57)26-61-27-40(37)58)32-13-16-46(68-2)49(19-32)69-3/h6-21,26-29,47-48,63-65H,22-25,30H2,1-5H3/p+2/t47-,48-/m0/s1. The third kappa shape index (κ3) is 13.4. The number of phenolic OH excluding ortho intramolecular Hbond substituents is 1. The summed E-state index contributed by atoms with van der Waals surface area (Å²) >= 11 is 29.0. The van der Waals surface area contributed by atoms with Crippen LogP contribution in [0, 0.1) is 6.92 Å². The topological polar surface area (TPSA) is 171 Å². The molecule has 4 aromatic carbocycles. The lowest BCUT2D eigenvalue weighted by atomic mass is 10.0. The molecule has 0 spiro atoms. The summed E-state index contributed by atoms with van der Waals surface area (Å²) in [6.45, 7) is 2.71. The predicted octanol–water partition coefficient (Wildman–Crippen LogP) is 13.2. The molecule has 8 aromatic rings. The van der Waals surface area contributed by atoms with Crippen LogP contribution in [0.15, 0.2) is 122 Å². The molecule has 2 atom stereocenters. The van der Waals surface area contributed by atoms with Crippen LogP contribution < -0.4 is 44.3 Å². The number of methoxy groups -OCH3 is 4. The summed E-state index contributed by atoms with van der Waals surface area (Å²) < 4.78 is 41.7. The molecule has 0 aliphatic heterocycles. The normalized spacial score (nSPS) is 11.8. The summed E-state index contributed by atoms with van der Waals surface area (Å²) in [5.74, 6) is 1.08. The highest BCUT2D eigenvalue weighted by atomic mass is 35.5. The summed E-state index contributed by atoms with van der Waals surface area (Å²) in [5.41, 5.74) is 5.44. The molecule has 0 unspecified atom stereocenters. The number of phenols is 1. The summed E-state index contributed by atoms with van der Waals surface area (Å²) in [4.78, 5) is 36.3. The summed E-state index contributed by atoms with van der Waals surface area (Å²) in [6, 6.07) is 28.9. The first-order valence-electron chi connectivity index (χ1n) is 23.5. The highest BCUT2D eigenvalue weighted by molar-refractivity contribution is 7.14. The van der Waals surface area contributed by atoms with E-state index in [0.29, 0.717) is 93.9 Å². The molecule has 14 nitrogen and oxygen atoms in total. The predicted molar refractivity (Wildman–Crippen MR) is 296 cm³/mol. The molecular formula is C56H52Cl4N4O10S2+2. The van der Waals surface area contributed by atoms with E-state index in [4.69, 9.17) is 79.6 Å².